The van der Waals surface area contributed by atoms with E-state index in [2.05, 4.69) is 15.1 Å². The van der Waals surface area contributed by atoms with Gasteiger partial charge in [-0.15, -0.1) is 0 Å². The lowest BCUT2D eigenvalue weighted by molar-refractivity contribution is -0.140. The zero-order valence-corrected chi connectivity index (χ0v) is 12.4. The van der Waals surface area contributed by atoms with E-state index in [1.807, 2.05) is 11.9 Å². The number of aromatic nitrogens is 4. The smallest absolute Gasteiger partial charge is 0.311 e. The highest BCUT2D eigenvalue weighted by Crippen LogP contribution is 2.33. The summed E-state index contributed by atoms with van der Waals surface area (Å²) in [7, 11) is 1.81. The van der Waals surface area contributed by atoms with E-state index in [9.17, 15) is 4.79 Å². The first-order chi connectivity index (χ1) is 11.0. The minimum atomic E-state index is -0.250. The number of ether oxygens (including phenoxy) is 1. The Morgan fingerprint density at radius 3 is 2.87 bits per heavy atom. The molecular formula is C13H16N6O4. The number of nitrogens with two attached hydrogens (primary N) is 1. The maximum atomic E-state index is 11.6. The Morgan fingerprint density at radius 2 is 2.17 bits per heavy atom. The Hall–Kier alpha value is -2.91. The molecule has 2 aromatic rings. The van der Waals surface area contributed by atoms with E-state index in [4.69, 9.17) is 20.4 Å². The van der Waals surface area contributed by atoms with Crippen LogP contribution >= 0.6 is 0 Å². The summed E-state index contributed by atoms with van der Waals surface area (Å²) >= 11 is 0. The summed E-state index contributed by atoms with van der Waals surface area (Å²) in [6.45, 7) is 1.55. The van der Waals surface area contributed by atoms with Crippen molar-refractivity contribution in [3.8, 4) is 0 Å². The van der Waals surface area contributed by atoms with Gasteiger partial charge in [-0.05, 0) is 0 Å². The van der Waals surface area contributed by atoms with Crippen LogP contribution in [0.25, 0.3) is 11.0 Å². The van der Waals surface area contributed by atoms with Crippen molar-refractivity contribution in [1.82, 2.24) is 19.7 Å². The Kier molecular flexibility index (Phi) is 3.72. The van der Waals surface area contributed by atoms with Crippen molar-refractivity contribution in [1.29, 1.82) is 0 Å². The Morgan fingerprint density at radius 1 is 1.43 bits per heavy atom. The monoisotopic (exact) mass is 320 g/mol. The number of carbonyl (C=O) groups is 2. The molecule has 2 saturated heterocycles. The highest BCUT2D eigenvalue weighted by atomic mass is 16.5. The first-order valence-corrected chi connectivity index (χ1v) is 6.99. The lowest BCUT2D eigenvalue weighted by Gasteiger charge is -2.17. The van der Waals surface area contributed by atoms with Crippen molar-refractivity contribution in [3.63, 3.8) is 0 Å². The van der Waals surface area contributed by atoms with Crippen LogP contribution in [0, 0.1) is 11.8 Å². The van der Waals surface area contributed by atoms with Crippen molar-refractivity contribution in [2.24, 2.45) is 18.9 Å². The quantitative estimate of drug-likeness (QED) is 0.514. The van der Waals surface area contributed by atoms with Gasteiger partial charge in [0, 0.05) is 26.1 Å². The van der Waals surface area contributed by atoms with Crippen LogP contribution in [0.4, 0.5) is 11.8 Å². The summed E-state index contributed by atoms with van der Waals surface area (Å²) < 4.78 is 6.73. The van der Waals surface area contributed by atoms with E-state index in [0.29, 0.717) is 30.6 Å². The molecule has 0 aliphatic carbocycles. The maximum absolute atomic E-state index is 11.6. The minimum Gasteiger partial charge on any atom is -0.483 e. The van der Waals surface area contributed by atoms with Crippen LogP contribution in [0.15, 0.2) is 6.20 Å². The van der Waals surface area contributed by atoms with Gasteiger partial charge in [-0.1, -0.05) is 0 Å². The molecule has 0 aromatic carbocycles. The second-order valence-electron chi connectivity index (χ2n) is 5.42. The van der Waals surface area contributed by atoms with E-state index in [0.717, 1.165) is 11.9 Å². The van der Waals surface area contributed by atoms with Gasteiger partial charge in [-0.2, -0.15) is 15.1 Å². The number of fused-ring (bicyclic) bond motifs is 2. The van der Waals surface area contributed by atoms with Gasteiger partial charge >= 0.3 is 5.97 Å². The SMILES string of the molecule is Cn1ncc2c(N)nc(N3C[C@@H]4COC(=O)[C@@H]4C3)nc21.O=CO. The summed E-state index contributed by atoms with van der Waals surface area (Å²) in [4.78, 5) is 30.8. The molecule has 4 heterocycles. The van der Waals surface area contributed by atoms with Crippen molar-refractivity contribution < 1.29 is 19.4 Å². The fourth-order valence-electron chi connectivity index (χ4n) is 2.94. The molecule has 2 aliphatic rings. The van der Waals surface area contributed by atoms with E-state index in [1.165, 1.54) is 0 Å². The zero-order chi connectivity index (χ0) is 16.6. The van der Waals surface area contributed by atoms with Gasteiger partial charge in [0.25, 0.3) is 6.47 Å². The Balaban J connectivity index is 0.000000485. The van der Waals surface area contributed by atoms with Gasteiger partial charge in [-0.25, -0.2) is 0 Å². The van der Waals surface area contributed by atoms with Crippen LogP contribution in [-0.4, -0.2) is 57.0 Å². The number of carbonyl (C=O) groups excluding carboxylic acids is 1. The molecule has 0 radical (unpaired) electrons. The third-order valence-corrected chi connectivity index (χ3v) is 4.08. The number of esters is 1. The van der Waals surface area contributed by atoms with Gasteiger partial charge in [0.05, 0.1) is 24.1 Å². The number of carboxylic acid groups (broad SMARTS) is 1. The number of rotatable bonds is 1. The van der Waals surface area contributed by atoms with Crippen molar-refractivity contribution in [2.45, 2.75) is 0 Å². The van der Waals surface area contributed by atoms with Crippen LogP contribution in [0.3, 0.4) is 0 Å². The fraction of sp³-hybridized carbons (Fsp3) is 0.462. The molecule has 2 fully saturated rings. The summed E-state index contributed by atoms with van der Waals surface area (Å²) in [5.41, 5.74) is 6.66. The third-order valence-electron chi connectivity index (χ3n) is 4.08. The van der Waals surface area contributed by atoms with Crippen molar-refractivity contribution >= 4 is 35.2 Å². The van der Waals surface area contributed by atoms with Crippen LogP contribution < -0.4 is 10.6 Å². The number of hydrogen-bond donors (Lipinski definition) is 2. The third kappa shape index (κ3) is 2.51. The maximum Gasteiger partial charge on any atom is 0.311 e. The molecule has 122 valence electrons. The number of anilines is 2. The second kappa shape index (κ2) is 5.71. The molecule has 0 spiro atoms. The largest absolute Gasteiger partial charge is 0.483 e. The molecule has 2 atom stereocenters. The molecule has 0 unspecified atom stereocenters. The molecule has 10 nitrogen and oxygen atoms in total. The fourth-order valence-corrected chi connectivity index (χ4v) is 2.94. The van der Waals surface area contributed by atoms with Gasteiger partial charge in [0.2, 0.25) is 5.95 Å². The number of aryl methyl sites for hydroxylation is 1. The van der Waals surface area contributed by atoms with Gasteiger partial charge < -0.3 is 20.5 Å². The lowest BCUT2D eigenvalue weighted by atomic mass is 10.0. The topological polar surface area (TPSA) is 136 Å². The number of nitrogen functional groups attached to an aromatic ring is 1. The van der Waals surface area contributed by atoms with Crippen LogP contribution in [0.2, 0.25) is 0 Å². The summed E-state index contributed by atoms with van der Waals surface area (Å²) in [6.07, 6.45) is 1.66. The molecule has 0 bridgehead atoms. The van der Waals surface area contributed by atoms with E-state index < -0.39 is 0 Å². The minimum absolute atomic E-state index is 0.0675. The normalized spacial score (nSPS) is 22.5. The van der Waals surface area contributed by atoms with E-state index in [-0.39, 0.29) is 24.3 Å². The molecule has 23 heavy (non-hydrogen) atoms. The first kappa shape index (κ1) is 15.0. The standard InChI is InChI=1S/C12H14N6O2.CH2O2/c1-17-10-7(2-14-17)9(13)15-12(16-10)18-3-6-5-20-11(19)8(6)4-18;2-1-3/h2,6,8H,3-5H2,1H3,(H2,13,15,16);1H,(H,2,3)/t6-,8-;/m1./s1. The highest BCUT2D eigenvalue weighted by Gasteiger charge is 2.44. The highest BCUT2D eigenvalue weighted by molar-refractivity contribution is 5.86. The van der Waals surface area contributed by atoms with Crippen LogP contribution in [-0.2, 0) is 21.4 Å². The van der Waals surface area contributed by atoms with E-state index >= 15 is 0 Å². The number of cyclic esters (lactones) is 1. The number of hydrogen-bond acceptors (Lipinski definition) is 8. The summed E-state index contributed by atoms with van der Waals surface area (Å²) in [5.74, 6) is 1.02. The van der Waals surface area contributed by atoms with Crippen LogP contribution in [0.1, 0.15) is 0 Å². The number of nitrogens with zero attached hydrogens (tertiary/aromatic N) is 5. The molecule has 0 saturated carbocycles. The van der Waals surface area contributed by atoms with E-state index in [1.54, 1.807) is 10.9 Å². The Bertz CT molecular complexity index is 760. The van der Waals surface area contributed by atoms with Gasteiger partial charge in [0.1, 0.15) is 5.82 Å². The van der Waals surface area contributed by atoms with Crippen molar-refractivity contribution in [2.75, 3.05) is 30.3 Å². The molecule has 2 aliphatic heterocycles. The van der Waals surface area contributed by atoms with Crippen LogP contribution in [0.5, 0.6) is 0 Å². The molecule has 0 amide bonds. The molecule has 3 N–H and O–H groups in total. The summed E-state index contributed by atoms with van der Waals surface area (Å²) in [5, 5.41) is 11.8. The van der Waals surface area contributed by atoms with Gasteiger partial charge in [-0.3, -0.25) is 14.3 Å². The molecule has 2 aromatic heterocycles. The zero-order valence-electron chi connectivity index (χ0n) is 12.4. The molecule has 4 rings (SSSR count). The average molecular weight is 320 g/mol. The Labute approximate surface area is 130 Å². The molecule has 10 heteroatoms. The second-order valence-corrected chi connectivity index (χ2v) is 5.42. The average Bonchev–Trinajstić information content (AvgIpc) is 3.18. The summed E-state index contributed by atoms with van der Waals surface area (Å²) in [6, 6.07) is 0. The lowest BCUT2D eigenvalue weighted by Crippen LogP contribution is -2.25. The van der Waals surface area contributed by atoms with Gasteiger partial charge in [0.15, 0.2) is 5.65 Å². The first-order valence-electron chi connectivity index (χ1n) is 6.99. The molecular weight excluding hydrogens is 304 g/mol. The van der Waals surface area contributed by atoms with Crippen molar-refractivity contribution in [3.05, 3.63) is 6.20 Å². The predicted octanol–water partition coefficient (Wildman–Crippen LogP) is -0.744. The predicted molar refractivity (Wildman–Crippen MR) is 79.6 cm³/mol.